The number of allylic oxidation sites excluding steroid dienone is 1. The Morgan fingerprint density at radius 1 is 1.05 bits per heavy atom. The van der Waals surface area contributed by atoms with Gasteiger partial charge < -0.3 is 23.4 Å². The van der Waals surface area contributed by atoms with Crippen LogP contribution in [0.5, 0.6) is 17.2 Å². The average Bonchev–Trinajstić information content (AvgIpc) is 3.63. The minimum atomic E-state index is -0.740. The van der Waals surface area contributed by atoms with E-state index in [-0.39, 0.29) is 23.7 Å². The van der Waals surface area contributed by atoms with Gasteiger partial charge in [-0.1, -0.05) is 29.5 Å². The molecule has 1 aliphatic heterocycles. The van der Waals surface area contributed by atoms with E-state index < -0.39 is 18.0 Å². The van der Waals surface area contributed by atoms with Crippen LogP contribution in [-0.2, 0) is 9.53 Å². The molecule has 1 aliphatic rings. The maximum absolute atomic E-state index is 13.9. The number of thiazole rings is 1. The lowest BCUT2D eigenvalue weighted by molar-refractivity contribution is -0.139. The molecule has 4 aromatic rings. The number of nitrogens with zero attached hydrogens (tertiary/aromatic N) is 2. The first-order valence-corrected chi connectivity index (χ1v) is 14.0. The summed E-state index contributed by atoms with van der Waals surface area (Å²) in [5.41, 5.74) is 1.80. The van der Waals surface area contributed by atoms with Crippen molar-refractivity contribution in [1.29, 1.82) is 0 Å². The van der Waals surface area contributed by atoms with E-state index in [0.717, 1.165) is 0 Å². The summed E-state index contributed by atoms with van der Waals surface area (Å²) in [6.45, 7) is 5.78. The number of carbonyl (C=O) groups is 2. The maximum Gasteiger partial charge on any atom is 0.379 e. The van der Waals surface area contributed by atoms with Crippen LogP contribution < -0.4 is 29.1 Å². The van der Waals surface area contributed by atoms with E-state index in [0.29, 0.717) is 49.8 Å². The van der Waals surface area contributed by atoms with Crippen LogP contribution in [0.25, 0.3) is 6.08 Å². The number of ether oxygens (including phenoxy) is 4. The van der Waals surface area contributed by atoms with Crippen molar-refractivity contribution in [1.82, 2.24) is 4.57 Å². The molecule has 216 valence electrons. The van der Waals surface area contributed by atoms with E-state index in [2.05, 4.69) is 4.99 Å². The molecule has 0 aliphatic carbocycles. The number of carbonyl (C=O) groups excluding carboxylic acids is 2. The van der Waals surface area contributed by atoms with Crippen LogP contribution in [0.1, 0.15) is 48.5 Å². The lowest BCUT2D eigenvalue weighted by atomic mass is 9.96. The van der Waals surface area contributed by atoms with E-state index in [1.807, 2.05) is 19.1 Å². The molecule has 0 spiro atoms. The number of hydrogen-bond acceptors (Lipinski definition) is 10. The minimum Gasteiger partial charge on any atom is -0.497 e. The van der Waals surface area contributed by atoms with Crippen LogP contribution in [0.4, 0.5) is 0 Å². The largest absolute Gasteiger partial charge is 0.497 e. The number of methoxy groups -OCH3 is 1. The monoisotopic (exact) mass is 588 g/mol. The zero-order valence-electron chi connectivity index (χ0n) is 23.4. The second kappa shape index (κ2) is 12.3. The van der Waals surface area contributed by atoms with Gasteiger partial charge in [-0.25, -0.2) is 14.6 Å². The van der Waals surface area contributed by atoms with Gasteiger partial charge in [0.05, 0.1) is 48.4 Å². The minimum absolute atomic E-state index is 0.0616. The second-order valence-electron chi connectivity index (χ2n) is 9.08. The van der Waals surface area contributed by atoms with Crippen molar-refractivity contribution in [2.75, 3.05) is 20.3 Å². The van der Waals surface area contributed by atoms with Crippen LogP contribution in [0.2, 0.25) is 0 Å². The molecule has 5 rings (SSSR count). The van der Waals surface area contributed by atoms with Gasteiger partial charge in [-0.2, -0.15) is 0 Å². The Bertz CT molecular complexity index is 1830. The predicted molar refractivity (Wildman–Crippen MR) is 155 cm³/mol. The van der Waals surface area contributed by atoms with Crippen molar-refractivity contribution >= 4 is 29.4 Å². The van der Waals surface area contributed by atoms with E-state index in [1.165, 1.54) is 28.2 Å². The summed E-state index contributed by atoms with van der Waals surface area (Å²) in [5, 5.41) is 0. The fourth-order valence-electron chi connectivity index (χ4n) is 4.56. The Morgan fingerprint density at radius 2 is 1.83 bits per heavy atom. The summed E-state index contributed by atoms with van der Waals surface area (Å²) >= 11 is 1.20. The predicted octanol–water partition coefficient (Wildman–Crippen LogP) is 4.02. The molecule has 0 bridgehead atoms. The molecule has 3 heterocycles. The van der Waals surface area contributed by atoms with Gasteiger partial charge in [0.2, 0.25) is 5.76 Å². The summed E-state index contributed by atoms with van der Waals surface area (Å²) in [6, 6.07) is 14.5. The van der Waals surface area contributed by atoms with Gasteiger partial charge in [0.15, 0.2) is 16.3 Å². The zero-order chi connectivity index (χ0) is 29.8. The lowest BCUT2D eigenvalue weighted by Gasteiger charge is -2.24. The molecular weight excluding hydrogens is 560 g/mol. The summed E-state index contributed by atoms with van der Waals surface area (Å²) in [5.74, 6) is 0.0595. The standard InChI is InChI=1S/C31H28N2O8S/c1-5-38-24-16-19(9-14-22(24)41-29(35)23-8-7-15-40-23)17-25-28(34)33-27(20-10-12-21(37-4)13-11-20)26(30(36)39-6-2)18(3)32-31(33)42-25/h7-17,27H,5-6H2,1-4H3/b25-17+/t27-/m1/s1. The van der Waals surface area contributed by atoms with Gasteiger partial charge in [0.25, 0.3) is 5.56 Å². The maximum atomic E-state index is 13.9. The highest BCUT2D eigenvalue weighted by Crippen LogP contribution is 2.32. The quantitative estimate of drug-likeness (QED) is 0.213. The van der Waals surface area contributed by atoms with E-state index in [4.69, 9.17) is 23.4 Å². The molecule has 0 saturated heterocycles. The highest BCUT2D eigenvalue weighted by atomic mass is 32.1. The molecule has 1 atom stereocenters. The molecule has 11 heteroatoms. The third-order valence-electron chi connectivity index (χ3n) is 6.44. The molecule has 42 heavy (non-hydrogen) atoms. The zero-order valence-corrected chi connectivity index (χ0v) is 24.2. The summed E-state index contributed by atoms with van der Waals surface area (Å²) in [6.07, 6.45) is 3.09. The first-order chi connectivity index (χ1) is 20.3. The second-order valence-corrected chi connectivity index (χ2v) is 10.1. The average molecular weight is 589 g/mol. The van der Waals surface area contributed by atoms with Crippen molar-refractivity contribution in [2.45, 2.75) is 26.8 Å². The Morgan fingerprint density at radius 3 is 2.50 bits per heavy atom. The molecule has 0 radical (unpaired) electrons. The number of aromatic nitrogens is 1. The summed E-state index contributed by atoms with van der Waals surface area (Å²) in [7, 11) is 1.57. The number of fused-ring (bicyclic) bond motifs is 1. The van der Waals surface area contributed by atoms with Crippen LogP contribution in [0, 0.1) is 0 Å². The van der Waals surface area contributed by atoms with E-state index >= 15 is 0 Å². The number of rotatable bonds is 9. The molecule has 0 fully saturated rings. The number of hydrogen-bond donors (Lipinski definition) is 0. The van der Waals surface area contributed by atoms with Crippen molar-refractivity contribution in [3.05, 3.63) is 109 Å². The highest BCUT2D eigenvalue weighted by Gasteiger charge is 2.33. The van der Waals surface area contributed by atoms with Crippen molar-refractivity contribution in [3.8, 4) is 17.2 Å². The molecule has 0 unspecified atom stereocenters. The van der Waals surface area contributed by atoms with E-state index in [9.17, 15) is 14.4 Å². The number of benzene rings is 2. The fourth-order valence-corrected chi connectivity index (χ4v) is 5.60. The Balaban J connectivity index is 1.58. The van der Waals surface area contributed by atoms with Crippen LogP contribution in [0.15, 0.2) is 86.3 Å². The smallest absolute Gasteiger partial charge is 0.379 e. The number of furan rings is 1. The van der Waals surface area contributed by atoms with Crippen LogP contribution >= 0.6 is 11.3 Å². The van der Waals surface area contributed by atoms with Gasteiger partial charge >= 0.3 is 11.9 Å². The fraction of sp³-hybridized carbons (Fsp3) is 0.226. The highest BCUT2D eigenvalue weighted by molar-refractivity contribution is 7.07. The molecule has 0 amide bonds. The third kappa shape index (κ3) is 5.64. The first-order valence-electron chi connectivity index (χ1n) is 13.2. The topological polar surface area (TPSA) is 119 Å². The summed E-state index contributed by atoms with van der Waals surface area (Å²) < 4.78 is 28.9. The normalized spacial score (nSPS) is 14.7. The summed E-state index contributed by atoms with van der Waals surface area (Å²) in [4.78, 5) is 44.4. The first kappa shape index (κ1) is 28.6. The molecule has 2 aromatic carbocycles. The Kier molecular flexibility index (Phi) is 8.39. The van der Waals surface area contributed by atoms with Gasteiger partial charge in [0.1, 0.15) is 5.75 Å². The van der Waals surface area contributed by atoms with Crippen molar-refractivity contribution in [3.63, 3.8) is 0 Å². The van der Waals surface area contributed by atoms with Gasteiger partial charge in [-0.15, -0.1) is 0 Å². The number of esters is 2. The molecule has 2 aromatic heterocycles. The third-order valence-corrected chi connectivity index (χ3v) is 7.42. The Labute approximate surface area is 244 Å². The molecule has 0 N–H and O–H groups in total. The molecular formula is C31H28N2O8S. The van der Waals surface area contributed by atoms with Crippen LogP contribution in [0.3, 0.4) is 0 Å². The molecule has 10 nitrogen and oxygen atoms in total. The van der Waals surface area contributed by atoms with Gasteiger partial charge in [-0.3, -0.25) is 9.36 Å². The van der Waals surface area contributed by atoms with Gasteiger partial charge in [0, 0.05) is 0 Å². The van der Waals surface area contributed by atoms with E-state index in [1.54, 1.807) is 63.4 Å². The van der Waals surface area contributed by atoms with Crippen molar-refractivity contribution in [2.24, 2.45) is 4.99 Å². The van der Waals surface area contributed by atoms with Gasteiger partial charge in [-0.05, 0) is 74.4 Å². The Hall–Kier alpha value is -4.90. The van der Waals surface area contributed by atoms with Crippen molar-refractivity contribution < 1.29 is 33.0 Å². The SMILES string of the molecule is CCOC(=O)C1=C(C)N=c2s/c(=C/c3ccc(OC(=O)c4ccco4)c(OCC)c3)c(=O)n2[C@@H]1c1ccc(OC)cc1. The lowest BCUT2D eigenvalue weighted by Crippen LogP contribution is -2.39. The van der Waals surface area contributed by atoms with Crippen LogP contribution in [-0.4, -0.2) is 36.8 Å². The molecule has 0 saturated carbocycles.